The molecule has 1 heterocycles. The predicted molar refractivity (Wildman–Crippen MR) is 95.2 cm³/mol. The van der Waals surface area contributed by atoms with Gasteiger partial charge in [-0.05, 0) is 50.0 Å². The molecule has 23 heavy (non-hydrogen) atoms. The minimum Gasteiger partial charge on any atom is -0.309 e. The molecular formula is C19H20N2O2. The summed E-state index contributed by atoms with van der Waals surface area (Å²) in [5.74, 6) is 0. The zero-order chi connectivity index (χ0) is 16.4. The van der Waals surface area contributed by atoms with Crippen molar-refractivity contribution >= 4 is 21.5 Å². The van der Waals surface area contributed by atoms with Crippen molar-refractivity contribution in [1.29, 1.82) is 0 Å². The molecule has 0 bridgehead atoms. The van der Waals surface area contributed by atoms with E-state index in [1.54, 1.807) is 12.1 Å². The highest BCUT2D eigenvalue weighted by Crippen LogP contribution is 2.19. The Kier molecular flexibility index (Phi) is 4.26. The molecule has 0 radical (unpaired) electrons. The fourth-order valence-electron chi connectivity index (χ4n) is 2.94. The van der Waals surface area contributed by atoms with Crippen molar-refractivity contribution in [3.05, 3.63) is 69.2 Å². The van der Waals surface area contributed by atoms with Crippen LogP contribution >= 0.6 is 0 Å². The molecule has 0 unspecified atom stereocenters. The smallest absolute Gasteiger partial charge is 0.261 e. The van der Waals surface area contributed by atoms with E-state index in [0.717, 1.165) is 23.7 Å². The van der Waals surface area contributed by atoms with Crippen molar-refractivity contribution in [3.8, 4) is 0 Å². The summed E-state index contributed by atoms with van der Waals surface area (Å²) in [7, 11) is 3.97. The maximum atomic E-state index is 12.9. The Morgan fingerprint density at radius 3 is 1.65 bits per heavy atom. The molecule has 4 heteroatoms. The van der Waals surface area contributed by atoms with Crippen molar-refractivity contribution in [2.24, 2.45) is 0 Å². The molecule has 0 spiro atoms. The van der Waals surface area contributed by atoms with E-state index < -0.39 is 0 Å². The summed E-state index contributed by atoms with van der Waals surface area (Å²) in [5.41, 5.74) is -0.416. The summed E-state index contributed by atoms with van der Waals surface area (Å²) >= 11 is 0. The first kappa shape index (κ1) is 15.4. The fraction of sp³-hybridized carbons (Fsp3) is 0.263. The first-order chi connectivity index (χ1) is 11.1. The lowest BCUT2D eigenvalue weighted by Crippen LogP contribution is -2.31. The van der Waals surface area contributed by atoms with Gasteiger partial charge in [-0.3, -0.25) is 14.2 Å². The van der Waals surface area contributed by atoms with Crippen LogP contribution in [-0.4, -0.2) is 30.1 Å². The number of fused-ring (bicyclic) bond motifs is 3. The number of hydrogen-bond acceptors (Lipinski definition) is 3. The summed E-state index contributed by atoms with van der Waals surface area (Å²) in [6, 6.07) is 14.9. The second-order valence-corrected chi connectivity index (χ2v) is 6.01. The third-order valence-electron chi connectivity index (χ3n) is 4.08. The third kappa shape index (κ3) is 2.90. The van der Waals surface area contributed by atoms with Crippen LogP contribution in [0.2, 0.25) is 0 Å². The van der Waals surface area contributed by atoms with Crippen molar-refractivity contribution in [2.75, 3.05) is 20.6 Å². The van der Waals surface area contributed by atoms with Crippen LogP contribution in [0.3, 0.4) is 0 Å². The van der Waals surface area contributed by atoms with Crippen LogP contribution in [0.25, 0.3) is 21.5 Å². The number of nitrogens with zero attached hydrogens (tertiary/aromatic N) is 2. The molecule has 3 aromatic rings. The molecule has 0 aliphatic rings. The summed E-state index contributed by atoms with van der Waals surface area (Å²) < 4.78 is 1.38. The van der Waals surface area contributed by atoms with Crippen molar-refractivity contribution in [3.63, 3.8) is 0 Å². The lowest BCUT2D eigenvalue weighted by Gasteiger charge is -2.09. The van der Waals surface area contributed by atoms with Crippen LogP contribution in [0, 0.1) is 0 Å². The van der Waals surface area contributed by atoms with E-state index in [4.69, 9.17) is 0 Å². The monoisotopic (exact) mass is 308 g/mol. The van der Waals surface area contributed by atoms with E-state index in [9.17, 15) is 9.59 Å². The molecular weight excluding hydrogens is 288 g/mol. The van der Waals surface area contributed by atoms with Crippen molar-refractivity contribution in [1.82, 2.24) is 9.47 Å². The van der Waals surface area contributed by atoms with E-state index in [2.05, 4.69) is 4.90 Å². The highest BCUT2D eigenvalue weighted by Gasteiger charge is 2.10. The van der Waals surface area contributed by atoms with Gasteiger partial charge in [-0.2, -0.15) is 0 Å². The van der Waals surface area contributed by atoms with E-state index in [1.807, 2.05) is 50.5 Å². The Labute approximate surface area is 134 Å². The van der Waals surface area contributed by atoms with Gasteiger partial charge in [0.05, 0.1) is 0 Å². The molecule has 3 rings (SSSR count). The van der Waals surface area contributed by atoms with Crippen LogP contribution in [0.5, 0.6) is 0 Å². The normalized spacial score (nSPS) is 11.4. The molecule has 0 fully saturated rings. The molecule has 0 saturated carbocycles. The molecule has 0 amide bonds. The minimum absolute atomic E-state index is 0.208. The predicted octanol–water partition coefficient (Wildman–Crippen LogP) is 2.47. The lowest BCUT2D eigenvalue weighted by molar-refractivity contribution is 0.384. The first-order valence-corrected chi connectivity index (χ1v) is 7.79. The van der Waals surface area contributed by atoms with Gasteiger partial charge in [-0.15, -0.1) is 0 Å². The maximum absolute atomic E-state index is 12.9. The summed E-state index contributed by atoms with van der Waals surface area (Å²) in [6.07, 6.45) is 0.759. The number of hydrogen-bond donors (Lipinski definition) is 0. The van der Waals surface area contributed by atoms with Gasteiger partial charge >= 0.3 is 0 Å². The second kappa shape index (κ2) is 6.34. The number of aromatic nitrogens is 1. The molecule has 4 nitrogen and oxygen atoms in total. The van der Waals surface area contributed by atoms with Gasteiger partial charge in [0.25, 0.3) is 11.1 Å². The van der Waals surface area contributed by atoms with Gasteiger partial charge in [0.2, 0.25) is 0 Å². The van der Waals surface area contributed by atoms with Crippen LogP contribution in [0.1, 0.15) is 6.42 Å². The molecule has 1 aromatic heterocycles. The molecule has 0 aliphatic heterocycles. The highest BCUT2D eigenvalue weighted by molar-refractivity contribution is 6.05. The van der Waals surface area contributed by atoms with Gasteiger partial charge in [-0.25, -0.2) is 0 Å². The van der Waals surface area contributed by atoms with E-state index in [0.29, 0.717) is 17.3 Å². The molecule has 118 valence electrons. The minimum atomic E-state index is -0.208. The Hall–Kier alpha value is -2.46. The summed E-state index contributed by atoms with van der Waals surface area (Å²) in [5, 5.41) is 2.85. The Balaban J connectivity index is 2.35. The Morgan fingerprint density at radius 2 is 1.22 bits per heavy atom. The largest absolute Gasteiger partial charge is 0.309 e. The topological polar surface area (TPSA) is 42.3 Å². The zero-order valence-corrected chi connectivity index (χ0v) is 13.5. The SMILES string of the molecule is CN(C)CCCn1c(=O)c2ccccc2c2ccccc2c1=O. The third-order valence-corrected chi connectivity index (χ3v) is 4.08. The second-order valence-electron chi connectivity index (χ2n) is 6.01. The van der Waals surface area contributed by atoms with Gasteiger partial charge in [-0.1, -0.05) is 36.4 Å². The first-order valence-electron chi connectivity index (χ1n) is 7.79. The van der Waals surface area contributed by atoms with Crippen LogP contribution in [0.4, 0.5) is 0 Å². The molecule has 0 N–H and O–H groups in total. The summed E-state index contributed by atoms with van der Waals surface area (Å²) in [6.45, 7) is 1.26. The van der Waals surface area contributed by atoms with Gasteiger partial charge in [0.15, 0.2) is 0 Å². The lowest BCUT2D eigenvalue weighted by atomic mass is 10.1. The van der Waals surface area contributed by atoms with E-state index in [1.165, 1.54) is 4.57 Å². The molecule has 0 atom stereocenters. The average Bonchev–Trinajstić information content (AvgIpc) is 2.65. The summed E-state index contributed by atoms with van der Waals surface area (Å²) in [4.78, 5) is 27.8. The standard InChI is InChI=1S/C19H20N2O2/c1-20(2)12-7-13-21-18(22)16-10-5-3-8-14(16)15-9-4-6-11-17(15)19(21)23/h3-6,8-11H,7,12-13H2,1-2H3. The van der Waals surface area contributed by atoms with E-state index >= 15 is 0 Å². The van der Waals surface area contributed by atoms with E-state index in [-0.39, 0.29) is 11.1 Å². The van der Waals surface area contributed by atoms with Gasteiger partial charge in [0, 0.05) is 17.3 Å². The Bertz CT molecular complexity index is 902. The zero-order valence-electron chi connectivity index (χ0n) is 13.5. The van der Waals surface area contributed by atoms with Gasteiger partial charge in [0.1, 0.15) is 0 Å². The number of rotatable bonds is 4. The Morgan fingerprint density at radius 1 is 0.783 bits per heavy atom. The van der Waals surface area contributed by atoms with Crippen molar-refractivity contribution in [2.45, 2.75) is 13.0 Å². The van der Waals surface area contributed by atoms with Crippen LogP contribution in [0.15, 0.2) is 58.1 Å². The molecule has 2 aromatic carbocycles. The van der Waals surface area contributed by atoms with Crippen LogP contribution in [-0.2, 0) is 6.54 Å². The fourth-order valence-corrected chi connectivity index (χ4v) is 2.94. The molecule has 0 saturated heterocycles. The van der Waals surface area contributed by atoms with Crippen molar-refractivity contribution < 1.29 is 0 Å². The molecule has 0 aliphatic carbocycles. The maximum Gasteiger partial charge on any atom is 0.261 e. The van der Waals surface area contributed by atoms with Gasteiger partial charge < -0.3 is 4.90 Å². The van der Waals surface area contributed by atoms with Crippen LogP contribution < -0.4 is 11.1 Å². The highest BCUT2D eigenvalue weighted by atomic mass is 16.2. The average molecular weight is 308 g/mol. The quantitative estimate of drug-likeness (QED) is 0.743. The number of benzene rings is 2.